The number of hydrogen-bond acceptors (Lipinski definition) is 4. The summed E-state index contributed by atoms with van der Waals surface area (Å²) in [5, 5.41) is 6.38. The van der Waals surface area contributed by atoms with Gasteiger partial charge in [-0.3, -0.25) is 9.59 Å². The van der Waals surface area contributed by atoms with Crippen LogP contribution < -0.4 is 10.6 Å². The molecule has 0 atom stereocenters. The number of rotatable bonds is 5. The Hall–Kier alpha value is -2.21. The summed E-state index contributed by atoms with van der Waals surface area (Å²) in [4.78, 5) is 30.5. The van der Waals surface area contributed by atoms with E-state index >= 15 is 0 Å². The fraction of sp³-hybridized carbons (Fsp3) is 0.389. The van der Waals surface area contributed by atoms with Crippen molar-refractivity contribution in [2.75, 3.05) is 5.32 Å². The third-order valence-electron chi connectivity index (χ3n) is 4.77. The standard InChI is InChI=1S/C18H19N3O2S/c22-15(20-13-7-8-13)18(9-4-10-18)16(23)21-17-19-11-14(24-17)12-5-2-1-3-6-12/h1-3,5-6,11,13H,4,7-10H2,(H,20,22)(H,19,21,23). The average molecular weight is 341 g/mol. The Labute approximate surface area is 144 Å². The van der Waals surface area contributed by atoms with Crippen LogP contribution in [0.1, 0.15) is 32.1 Å². The normalized spacial score (nSPS) is 18.5. The molecule has 4 rings (SSSR count). The van der Waals surface area contributed by atoms with Crippen molar-refractivity contribution in [3.8, 4) is 10.4 Å². The second-order valence-electron chi connectivity index (χ2n) is 6.53. The van der Waals surface area contributed by atoms with Gasteiger partial charge >= 0.3 is 0 Å². The summed E-state index contributed by atoms with van der Waals surface area (Å²) < 4.78 is 0. The molecule has 2 aliphatic rings. The first-order valence-corrected chi connectivity index (χ1v) is 9.13. The molecule has 2 aliphatic carbocycles. The SMILES string of the molecule is O=C(Nc1ncc(-c2ccccc2)s1)C1(C(=O)NC2CC2)CCC1. The van der Waals surface area contributed by atoms with Gasteiger partial charge in [-0.05, 0) is 31.2 Å². The first-order chi connectivity index (χ1) is 11.7. The van der Waals surface area contributed by atoms with Gasteiger partial charge in [0.2, 0.25) is 11.8 Å². The Bertz CT molecular complexity index is 764. The van der Waals surface area contributed by atoms with E-state index in [0.29, 0.717) is 18.0 Å². The molecule has 1 heterocycles. The van der Waals surface area contributed by atoms with Gasteiger partial charge in [-0.15, -0.1) is 0 Å². The van der Waals surface area contributed by atoms with E-state index in [1.807, 2.05) is 30.3 Å². The lowest BCUT2D eigenvalue weighted by Gasteiger charge is -2.38. The zero-order chi connectivity index (χ0) is 16.6. The molecule has 0 radical (unpaired) electrons. The van der Waals surface area contributed by atoms with E-state index in [-0.39, 0.29) is 17.9 Å². The predicted octanol–water partition coefficient (Wildman–Crippen LogP) is 3.20. The number of carbonyl (C=O) groups is 2. The lowest BCUT2D eigenvalue weighted by atomic mass is 9.67. The highest BCUT2D eigenvalue weighted by Crippen LogP contribution is 2.43. The molecule has 2 saturated carbocycles. The Balaban J connectivity index is 1.47. The molecule has 2 fully saturated rings. The number of anilines is 1. The van der Waals surface area contributed by atoms with Crippen molar-refractivity contribution >= 4 is 28.3 Å². The number of nitrogens with one attached hydrogen (secondary N) is 2. The zero-order valence-electron chi connectivity index (χ0n) is 13.2. The molecule has 0 aliphatic heterocycles. The Kier molecular flexibility index (Phi) is 3.84. The molecule has 5 nitrogen and oxygen atoms in total. The minimum Gasteiger partial charge on any atom is -0.352 e. The number of aromatic nitrogens is 1. The molecule has 0 unspecified atom stereocenters. The van der Waals surface area contributed by atoms with Gasteiger partial charge in [-0.1, -0.05) is 48.1 Å². The molecular formula is C18H19N3O2S. The molecular weight excluding hydrogens is 322 g/mol. The quantitative estimate of drug-likeness (QED) is 0.821. The van der Waals surface area contributed by atoms with E-state index < -0.39 is 5.41 Å². The largest absolute Gasteiger partial charge is 0.352 e. The van der Waals surface area contributed by atoms with Crippen LogP contribution in [-0.4, -0.2) is 22.8 Å². The average Bonchev–Trinajstić information content (AvgIpc) is 3.22. The topological polar surface area (TPSA) is 71.1 Å². The number of amides is 2. The minimum atomic E-state index is -0.902. The highest BCUT2D eigenvalue weighted by Gasteiger charge is 2.51. The van der Waals surface area contributed by atoms with Crippen molar-refractivity contribution in [2.45, 2.75) is 38.1 Å². The number of thiazole rings is 1. The lowest BCUT2D eigenvalue weighted by Crippen LogP contribution is -2.53. The van der Waals surface area contributed by atoms with Crippen LogP contribution in [-0.2, 0) is 9.59 Å². The van der Waals surface area contributed by atoms with Gasteiger partial charge < -0.3 is 10.6 Å². The molecule has 2 N–H and O–H groups in total. The third kappa shape index (κ3) is 2.82. The van der Waals surface area contributed by atoms with E-state index in [9.17, 15) is 9.59 Å². The predicted molar refractivity (Wildman–Crippen MR) is 93.6 cm³/mol. The van der Waals surface area contributed by atoms with E-state index in [2.05, 4.69) is 15.6 Å². The van der Waals surface area contributed by atoms with Gasteiger partial charge in [-0.2, -0.15) is 0 Å². The summed E-state index contributed by atoms with van der Waals surface area (Å²) in [5.74, 6) is -0.338. The molecule has 2 amide bonds. The molecule has 24 heavy (non-hydrogen) atoms. The number of nitrogens with zero attached hydrogens (tertiary/aromatic N) is 1. The number of hydrogen-bond donors (Lipinski definition) is 2. The molecule has 0 spiro atoms. The van der Waals surface area contributed by atoms with Crippen LogP contribution in [0.3, 0.4) is 0 Å². The van der Waals surface area contributed by atoms with Gasteiger partial charge in [0.05, 0.1) is 4.88 Å². The first kappa shape index (κ1) is 15.3. The van der Waals surface area contributed by atoms with Crippen LogP contribution >= 0.6 is 11.3 Å². The fourth-order valence-electron chi connectivity index (χ4n) is 2.92. The highest BCUT2D eigenvalue weighted by atomic mass is 32.1. The van der Waals surface area contributed by atoms with Crippen LogP contribution in [0.5, 0.6) is 0 Å². The van der Waals surface area contributed by atoms with Crippen molar-refractivity contribution in [3.63, 3.8) is 0 Å². The summed E-state index contributed by atoms with van der Waals surface area (Å²) in [7, 11) is 0. The Morgan fingerprint density at radius 1 is 1.12 bits per heavy atom. The summed E-state index contributed by atoms with van der Waals surface area (Å²) >= 11 is 1.43. The van der Waals surface area contributed by atoms with Crippen LogP contribution in [0.15, 0.2) is 36.5 Å². The maximum atomic E-state index is 12.7. The first-order valence-electron chi connectivity index (χ1n) is 8.31. The second kappa shape index (κ2) is 6.02. The molecule has 124 valence electrons. The van der Waals surface area contributed by atoms with E-state index in [1.54, 1.807) is 6.20 Å². The zero-order valence-corrected chi connectivity index (χ0v) is 14.1. The summed E-state index contributed by atoms with van der Waals surface area (Å²) in [6.07, 6.45) is 5.96. The van der Waals surface area contributed by atoms with Crippen LogP contribution in [0, 0.1) is 5.41 Å². The van der Waals surface area contributed by atoms with Gasteiger partial charge in [0.1, 0.15) is 5.41 Å². The van der Waals surface area contributed by atoms with Crippen molar-refractivity contribution in [3.05, 3.63) is 36.5 Å². The smallest absolute Gasteiger partial charge is 0.241 e. The number of carbonyl (C=O) groups excluding carboxylic acids is 2. The summed E-state index contributed by atoms with van der Waals surface area (Å²) in [6.45, 7) is 0. The fourth-order valence-corrected chi connectivity index (χ4v) is 3.74. The van der Waals surface area contributed by atoms with Crippen molar-refractivity contribution in [1.82, 2.24) is 10.3 Å². The molecule has 0 bridgehead atoms. The summed E-state index contributed by atoms with van der Waals surface area (Å²) in [6, 6.07) is 10.2. The van der Waals surface area contributed by atoms with E-state index in [1.165, 1.54) is 11.3 Å². The molecule has 1 aromatic heterocycles. The number of benzene rings is 1. The van der Waals surface area contributed by atoms with Gasteiger partial charge in [-0.25, -0.2) is 4.98 Å². The molecule has 0 saturated heterocycles. The maximum Gasteiger partial charge on any atom is 0.241 e. The van der Waals surface area contributed by atoms with E-state index in [0.717, 1.165) is 29.7 Å². The van der Waals surface area contributed by atoms with Gasteiger partial charge in [0.15, 0.2) is 5.13 Å². The van der Waals surface area contributed by atoms with Crippen LogP contribution in [0.2, 0.25) is 0 Å². The van der Waals surface area contributed by atoms with Crippen LogP contribution in [0.25, 0.3) is 10.4 Å². The van der Waals surface area contributed by atoms with Crippen molar-refractivity contribution in [2.24, 2.45) is 5.41 Å². The minimum absolute atomic E-state index is 0.117. The summed E-state index contributed by atoms with van der Waals surface area (Å²) in [5.41, 5.74) is 0.168. The Morgan fingerprint density at radius 3 is 2.50 bits per heavy atom. The Morgan fingerprint density at radius 2 is 1.88 bits per heavy atom. The molecule has 2 aromatic rings. The van der Waals surface area contributed by atoms with Crippen molar-refractivity contribution < 1.29 is 9.59 Å². The molecule has 1 aromatic carbocycles. The highest BCUT2D eigenvalue weighted by molar-refractivity contribution is 7.19. The van der Waals surface area contributed by atoms with Crippen LogP contribution in [0.4, 0.5) is 5.13 Å². The lowest BCUT2D eigenvalue weighted by molar-refractivity contribution is -0.146. The maximum absolute atomic E-state index is 12.7. The van der Waals surface area contributed by atoms with Gasteiger partial charge in [0, 0.05) is 12.2 Å². The third-order valence-corrected chi connectivity index (χ3v) is 5.74. The monoisotopic (exact) mass is 341 g/mol. The molecule has 6 heteroatoms. The van der Waals surface area contributed by atoms with Gasteiger partial charge in [0.25, 0.3) is 0 Å². The van der Waals surface area contributed by atoms with Crippen molar-refractivity contribution in [1.29, 1.82) is 0 Å². The second-order valence-corrected chi connectivity index (χ2v) is 7.56. The van der Waals surface area contributed by atoms with E-state index in [4.69, 9.17) is 0 Å².